The number of morpholine rings is 1. The molecule has 0 aliphatic carbocycles. The minimum absolute atomic E-state index is 0.0339. The zero-order valence-electron chi connectivity index (χ0n) is 14.6. The number of ether oxygens (including phenoxy) is 2. The summed E-state index contributed by atoms with van der Waals surface area (Å²) in [5, 5.41) is 3.01. The minimum Gasteiger partial charge on any atom is -0.443 e. The molecular formula is C18H25N3O4. The second kappa shape index (κ2) is 8.20. The predicted molar refractivity (Wildman–Crippen MR) is 91.7 cm³/mol. The molecule has 2 heterocycles. The third-order valence-electron chi connectivity index (χ3n) is 4.56. The second-order valence-electron chi connectivity index (χ2n) is 6.38. The van der Waals surface area contributed by atoms with Gasteiger partial charge < -0.3 is 14.4 Å². The normalized spacial score (nSPS) is 21.2. The van der Waals surface area contributed by atoms with Gasteiger partial charge in [0, 0.05) is 19.6 Å². The fourth-order valence-corrected chi connectivity index (χ4v) is 3.17. The molecule has 0 bridgehead atoms. The molecule has 136 valence electrons. The number of rotatable bonds is 2. The lowest BCUT2D eigenvalue weighted by atomic mass is 10.1. The molecule has 7 nitrogen and oxygen atoms in total. The minimum atomic E-state index is -0.475. The van der Waals surface area contributed by atoms with Crippen LogP contribution in [-0.2, 0) is 16.1 Å². The molecule has 2 fully saturated rings. The molecule has 3 rings (SSSR count). The van der Waals surface area contributed by atoms with Gasteiger partial charge in [-0.3, -0.25) is 0 Å². The zero-order valence-corrected chi connectivity index (χ0v) is 14.6. The molecule has 1 atom stereocenters. The smallest absolute Gasteiger partial charge is 0.429 e. The molecule has 0 aromatic heterocycles. The average Bonchev–Trinajstić information content (AvgIpc) is 2.67. The van der Waals surface area contributed by atoms with Crippen LogP contribution in [0.4, 0.5) is 9.59 Å². The monoisotopic (exact) mass is 347 g/mol. The van der Waals surface area contributed by atoms with Gasteiger partial charge in [0.25, 0.3) is 0 Å². The summed E-state index contributed by atoms with van der Waals surface area (Å²) in [4.78, 5) is 27.2. The molecule has 0 unspecified atom stereocenters. The maximum Gasteiger partial charge on any atom is 0.429 e. The Labute approximate surface area is 148 Å². The van der Waals surface area contributed by atoms with Gasteiger partial charge in [0.15, 0.2) is 0 Å². The van der Waals surface area contributed by atoms with Crippen LogP contribution in [0.15, 0.2) is 30.3 Å². The number of carbonyl (C=O) groups excluding carboxylic acids is 2. The van der Waals surface area contributed by atoms with E-state index >= 15 is 0 Å². The quantitative estimate of drug-likeness (QED) is 0.824. The van der Waals surface area contributed by atoms with E-state index in [4.69, 9.17) is 9.47 Å². The number of hydrogen-bond acceptors (Lipinski definition) is 4. The third-order valence-corrected chi connectivity index (χ3v) is 4.56. The van der Waals surface area contributed by atoms with Gasteiger partial charge in [-0.05, 0) is 25.3 Å². The Bertz CT molecular complexity index is 589. The van der Waals surface area contributed by atoms with Crippen molar-refractivity contribution in [2.45, 2.75) is 32.4 Å². The average molecular weight is 347 g/mol. The van der Waals surface area contributed by atoms with Crippen molar-refractivity contribution in [2.75, 3.05) is 32.8 Å². The van der Waals surface area contributed by atoms with Crippen LogP contribution in [0, 0.1) is 0 Å². The number of urea groups is 1. The fraction of sp³-hybridized carbons (Fsp3) is 0.556. The first-order chi connectivity index (χ1) is 12.2. The Kier molecular flexibility index (Phi) is 5.75. The van der Waals surface area contributed by atoms with E-state index in [1.165, 1.54) is 5.01 Å². The van der Waals surface area contributed by atoms with Crippen LogP contribution in [0.25, 0.3) is 0 Å². The molecule has 0 spiro atoms. The van der Waals surface area contributed by atoms with Crippen LogP contribution in [0.2, 0.25) is 0 Å². The van der Waals surface area contributed by atoms with Crippen molar-refractivity contribution < 1.29 is 19.1 Å². The number of amides is 3. The van der Waals surface area contributed by atoms with Crippen molar-refractivity contribution in [3.63, 3.8) is 0 Å². The summed E-state index contributed by atoms with van der Waals surface area (Å²) in [5.74, 6) is 0. The van der Waals surface area contributed by atoms with Crippen LogP contribution in [-0.4, -0.2) is 65.9 Å². The first kappa shape index (κ1) is 17.5. The molecule has 1 aromatic rings. The molecule has 0 saturated carbocycles. The first-order valence-electron chi connectivity index (χ1n) is 8.81. The lowest BCUT2D eigenvalue weighted by Crippen LogP contribution is -2.61. The standard InChI is InChI=1S/C18H25N3O4/c1-15-6-5-9-20(18(23)25-14-16-7-3-2-4-8-16)21(15)17(22)19-10-12-24-13-11-19/h2-4,7-8,15H,5-6,9-14H2,1H3/t15-/m0/s1. The first-order valence-corrected chi connectivity index (χ1v) is 8.81. The summed E-state index contributed by atoms with van der Waals surface area (Å²) in [5.41, 5.74) is 0.923. The lowest BCUT2D eigenvalue weighted by molar-refractivity contribution is -0.0568. The molecule has 7 heteroatoms. The Morgan fingerprint density at radius 2 is 1.88 bits per heavy atom. The molecule has 2 aliphatic heterocycles. The SMILES string of the molecule is C[C@H]1CCCN(C(=O)OCc2ccccc2)N1C(=O)N1CCOCC1. The predicted octanol–water partition coefficient (Wildman–Crippen LogP) is 2.48. The highest BCUT2D eigenvalue weighted by atomic mass is 16.6. The largest absolute Gasteiger partial charge is 0.443 e. The highest BCUT2D eigenvalue weighted by molar-refractivity contribution is 5.78. The second-order valence-corrected chi connectivity index (χ2v) is 6.38. The summed E-state index contributed by atoms with van der Waals surface area (Å²) >= 11 is 0. The summed E-state index contributed by atoms with van der Waals surface area (Å²) in [6, 6.07) is 9.35. The van der Waals surface area contributed by atoms with E-state index in [9.17, 15) is 9.59 Å². The van der Waals surface area contributed by atoms with Gasteiger partial charge in [-0.25, -0.2) is 19.6 Å². The number of hydrazine groups is 1. The summed E-state index contributed by atoms with van der Waals surface area (Å²) < 4.78 is 10.7. The summed E-state index contributed by atoms with van der Waals surface area (Å²) in [6.45, 7) is 4.83. The summed E-state index contributed by atoms with van der Waals surface area (Å²) in [6.07, 6.45) is 1.25. The van der Waals surface area contributed by atoms with Crippen LogP contribution in [0.5, 0.6) is 0 Å². The van der Waals surface area contributed by atoms with E-state index in [1.54, 1.807) is 9.91 Å². The highest BCUT2D eigenvalue weighted by Gasteiger charge is 2.37. The van der Waals surface area contributed by atoms with Crippen molar-refractivity contribution in [1.29, 1.82) is 0 Å². The van der Waals surface area contributed by atoms with Crippen LogP contribution in [0.1, 0.15) is 25.3 Å². The Hall–Kier alpha value is -2.28. The maximum atomic E-state index is 12.9. The molecule has 1 aromatic carbocycles. The van der Waals surface area contributed by atoms with Gasteiger partial charge in [-0.2, -0.15) is 0 Å². The van der Waals surface area contributed by atoms with Crippen molar-refractivity contribution in [3.8, 4) is 0 Å². The van der Waals surface area contributed by atoms with Gasteiger partial charge in [-0.15, -0.1) is 0 Å². The van der Waals surface area contributed by atoms with Gasteiger partial charge in [-0.1, -0.05) is 30.3 Å². The lowest BCUT2D eigenvalue weighted by Gasteiger charge is -2.44. The third kappa shape index (κ3) is 4.22. The maximum absolute atomic E-state index is 12.9. The Balaban J connectivity index is 1.66. The van der Waals surface area contributed by atoms with E-state index in [0.29, 0.717) is 32.8 Å². The van der Waals surface area contributed by atoms with Crippen molar-refractivity contribution in [2.24, 2.45) is 0 Å². The fourth-order valence-electron chi connectivity index (χ4n) is 3.17. The van der Waals surface area contributed by atoms with Crippen molar-refractivity contribution in [1.82, 2.24) is 14.9 Å². The van der Waals surface area contributed by atoms with E-state index in [2.05, 4.69) is 0 Å². The molecule has 25 heavy (non-hydrogen) atoms. The molecular weight excluding hydrogens is 322 g/mol. The molecule has 2 aliphatic rings. The van der Waals surface area contributed by atoms with E-state index in [1.807, 2.05) is 37.3 Å². The van der Waals surface area contributed by atoms with Gasteiger partial charge in [0.2, 0.25) is 0 Å². The van der Waals surface area contributed by atoms with Gasteiger partial charge in [0.1, 0.15) is 6.61 Å². The number of carbonyl (C=O) groups is 2. The van der Waals surface area contributed by atoms with Crippen molar-refractivity contribution in [3.05, 3.63) is 35.9 Å². The number of nitrogens with zero attached hydrogens (tertiary/aromatic N) is 3. The van der Waals surface area contributed by atoms with Gasteiger partial charge >= 0.3 is 12.1 Å². The molecule has 2 saturated heterocycles. The van der Waals surface area contributed by atoms with Crippen LogP contribution in [0.3, 0.4) is 0 Å². The molecule has 0 N–H and O–H groups in total. The highest BCUT2D eigenvalue weighted by Crippen LogP contribution is 2.21. The Morgan fingerprint density at radius 1 is 1.16 bits per heavy atom. The van der Waals surface area contributed by atoms with E-state index in [0.717, 1.165) is 18.4 Å². The summed E-state index contributed by atoms with van der Waals surface area (Å²) in [7, 11) is 0. The van der Waals surface area contributed by atoms with Gasteiger partial charge in [0.05, 0.1) is 19.3 Å². The van der Waals surface area contributed by atoms with Crippen LogP contribution >= 0.6 is 0 Å². The number of hydrogen-bond donors (Lipinski definition) is 0. The van der Waals surface area contributed by atoms with E-state index < -0.39 is 6.09 Å². The van der Waals surface area contributed by atoms with E-state index in [-0.39, 0.29) is 18.7 Å². The molecule has 0 radical (unpaired) electrons. The zero-order chi connectivity index (χ0) is 17.6. The Morgan fingerprint density at radius 3 is 2.60 bits per heavy atom. The number of benzene rings is 1. The topological polar surface area (TPSA) is 62.3 Å². The van der Waals surface area contributed by atoms with Crippen molar-refractivity contribution >= 4 is 12.1 Å². The van der Waals surface area contributed by atoms with Crippen LogP contribution < -0.4 is 0 Å². The molecule has 3 amide bonds.